The first-order chi connectivity index (χ1) is 28.3. The standard InChI is InChI=1S/C41H38F2N8O7S/c1-3-36-45-21-26(22-46-36)25-10-12-28(13-11-25)59(56,57)49-33-19-31(42)30(18-32(33)43)38(52)48-34(40(54)58-27-7-5-4-6-8-27)17-24-9-14-37(47-20-24)51-39(53)29-15-16-44-23-35(29)50(2)41(51)55/h9-16,18-23,27,34,49H,3-8,17H2,1-2H3,(H,48,52)/t34-/m0/s1. The lowest BCUT2D eigenvalue weighted by molar-refractivity contribution is -0.152. The molecule has 0 saturated heterocycles. The monoisotopic (exact) mass is 824 g/mol. The Morgan fingerprint density at radius 3 is 2.31 bits per heavy atom. The Hall–Kier alpha value is -6.69. The third-order valence-corrected chi connectivity index (χ3v) is 11.4. The zero-order chi connectivity index (χ0) is 41.8. The molecule has 0 unspecified atom stereocenters. The fourth-order valence-electron chi connectivity index (χ4n) is 6.78. The molecule has 2 N–H and O–H groups in total. The van der Waals surface area contributed by atoms with Crippen molar-refractivity contribution in [2.24, 2.45) is 7.05 Å². The molecule has 1 atom stereocenters. The zero-order valence-corrected chi connectivity index (χ0v) is 32.7. The number of hydrogen-bond donors (Lipinski definition) is 2. The fourth-order valence-corrected chi connectivity index (χ4v) is 7.83. The molecule has 0 spiro atoms. The SMILES string of the molecule is CCc1ncc(-c2ccc(S(=O)(=O)Nc3cc(F)c(C(=O)N[C@@H](Cc4ccc(-n5c(=O)c6ccncc6n(C)c5=O)nc4)C(=O)OC4CCCCC4)cc3F)cc2)cn1. The van der Waals surface area contributed by atoms with Gasteiger partial charge in [0.05, 0.1) is 33.2 Å². The predicted molar refractivity (Wildman–Crippen MR) is 212 cm³/mol. The van der Waals surface area contributed by atoms with Crippen molar-refractivity contribution in [3.05, 3.63) is 135 Å². The van der Waals surface area contributed by atoms with Gasteiger partial charge in [-0.15, -0.1) is 0 Å². The summed E-state index contributed by atoms with van der Waals surface area (Å²) in [7, 11) is -2.91. The summed E-state index contributed by atoms with van der Waals surface area (Å²) in [6.45, 7) is 1.91. The van der Waals surface area contributed by atoms with E-state index in [-0.39, 0.29) is 22.5 Å². The van der Waals surface area contributed by atoms with Crippen molar-refractivity contribution >= 4 is 38.5 Å². The van der Waals surface area contributed by atoms with E-state index in [9.17, 15) is 27.6 Å². The van der Waals surface area contributed by atoms with Crippen LogP contribution >= 0.6 is 0 Å². The molecule has 2 aromatic carbocycles. The number of anilines is 1. The van der Waals surface area contributed by atoms with Crippen molar-refractivity contribution < 1.29 is 31.5 Å². The maximum Gasteiger partial charge on any atom is 0.337 e. The molecule has 0 bridgehead atoms. The summed E-state index contributed by atoms with van der Waals surface area (Å²) in [5, 5.41) is 2.68. The van der Waals surface area contributed by atoms with Crippen molar-refractivity contribution in [2.75, 3.05) is 4.72 Å². The number of hydrogen-bond acceptors (Lipinski definition) is 11. The molecule has 0 aliphatic heterocycles. The molecule has 304 valence electrons. The third kappa shape index (κ3) is 8.76. The summed E-state index contributed by atoms with van der Waals surface area (Å²) in [5.74, 6) is -3.85. The molecular formula is C41H38F2N8O7S. The number of rotatable bonds is 12. The third-order valence-electron chi connectivity index (χ3n) is 10.0. The number of aryl methyl sites for hydroxylation is 2. The molecule has 1 amide bonds. The lowest BCUT2D eigenvalue weighted by Crippen LogP contribution is -2.45. The first kappa shape index (κ1) is 40.5. The Balaban J connectivity index is 1.09. The molecule has 1 aliphatic rings. The predicted octanol–water partition coefficient (Wildman–Crippen LogP) is 4.79. The van der Waals surface area contributed by atoms with Crippen LogP contribution in [0, 0.1) is 11.6 Å². The average Bonchev–Trinajstić information content (AvgIpc) is 3.24. The van der Waals surface area contributed by atoms with Gasteiger partial charge in [0.15, 0.2) is 0 Å². The van der Waals surface area contributed by atoms with E-state index in [1.807, 2.05) is 11.6 Å². The number of benzene rings is 2. The van der Waals surface area contributed by atoms with Crippen LogP contribution in [0.5, 0.6) is 0 Å². The molecular weight excluding hydrogens is 787 g/mol. The molecule has 0 radical (unpaired) electrons. The van der Waals surface area contributed by atoms with Gasteiger partial charge in [-0.05, 0) is 67.1 Å². The van der Waals surface area contributed by atoms with Gasteiger partial charge in [0.2, 0.25) is 0 Å². The summed E-state index contributed by atoms with van der Waals surface area (Å²) < 4.78 is 67.3. The minimum absolute atomic E-state index is 0.00134. The molecule has 6 aromatic rings. The Morgan fingerprint density at radius 1 is 0.898 bits per heavy atom. The topological polar surface area (TPSA) is 197 Å². The van der Waals surface area contributed by atoms with Gasteiger partial charge < -0.3 is 10.1 Å². The van der Waals surface area contributed by atoms with Crippen molar-refractivity contribution in [2.45, 2.75) is 68.9 Å². The summed E-state index contributed by atoms with van der Waals surface area (Å²) in [6.07, 6.45) is 11.3. The molecule has 1 saturated carbocycles. The van der Waals surface area contributed by atoms with E-state index in [4.69, 9.17) is 4.74 Å². The number of fused-ring (bicyclic) bond motifs is 1. The highest BCUT2D eigenvalue weighted by Crippen LogP contribution is 2.26. The number of nitrogens with one attached hydrogen (secondary N) is 2. The Bertz CT molecular complexity index is 2770. The first-order valence-electron chi connectivity index (χ1n) is 18.8. The lowest BCUT2D eigenvalue weighted by atomic mass is 9.97. The normalized spacial score (nSPS) is 13.8. The highest BCUT2D eigenvalue weighted by molar-refractivity contribution is 7.92. The van der Waals surface area contributed by atoms with Gasteiger partial charge in [0.25, 0.3) is 21.5 Å². The van der Waals surface area contributed by atoms with Gasteiger partial charge in [-0.1, -0.05) is 31.5 Å². The van der Waals surface area contributed by atoms with Gasteiger partial charge in [0, 0.05) is 56.3 Å². The summed E-state index contributed by atoms with van der Waals surface area (Å²) in [4.78, 5) is 69.9. The minimum atomic E-state index is -4.41. The maximum atomic E-state index is 15.5. The van der Waals surface area contributed by atoms with Crippen LogP contribution in [0.1, 0.15) is 60.8 Å². The molecule has 18 heteroatoms. The summed E-state index contributed by atoms with van der Waals surface area (Å²) >= 11 is 0. The second-order valence-corrected chi connectivity index (χ2v) is 15.7. The highest BCUT2D eigenvalue weighted by Gasteiger charge is 2.29. The second kappa shape index (κ2) is 17.0. The quantitative estimate of drug-likeness (QED) is 0.161. The Labute approximate surface area is 336 Å². The maximum absolute atomic E-state index is 15.5. The number of esters is 1. The molecule has 4 heterocycles. The van der Waals surface area contributed by atoms with Crippen molar-refractivity contribution in [3.63, 3.8) is 0 Å². The van der Waals surface area contributed by atoms with Crippen LogP contribution < -0.4 is 21.3 Å². The number of sulfonamides is 1. The highest BCUT2D eigenvalue weighted by atomic mass is 32.2. The summed E-state index contributed by atoms with van der Waals surface area (Å²) in [6, 6.07) is 9.69. The first-order valence-corrected chi connectivity index (χ1v) is 20.3. The van der Waals surface area contributed by atoms with Crippen LogP contribution in [0.25, 0.3) is 27.8 Å². The van der Waals surface area contributed by atoms with Crippen molar-refractivity contribution in [3.8, 4) is 16.9 Å². The van der Waals surface area contributed by atoms with Gasteiger partial charge in [-0.2, -0.15) is 0 Å². The van der Waals surface area contributed by atoms with E-state index in [2.05, 4.69) is 25.3 Å². The van der Waals surface area contributed by atoms with Crippen LogP contribution in [0.3, 0.4) is 0 Å². The van der Waals surface area contributed by atoms with E-state index < -0.39 is 68.2 Å². The molecule has 1 fully saturated rings. The van der Waals surface area contributed by atoms with Gasteiger partial charge in [-0.3, -0.25) is 23.9 Å². The molecule has 59 heavy (non-hydrogen) atoms. The Morgan fingerprint density at radius 2 is 1.63 bits per heavy atom. The number of amides is 1. The van der Waals surface area contributed by atoms with E-state index in [1.54, 1.807) is 12.4 Å². The fraction of sp³-hybridized carbons (Fsp3) is 0.268. The molecule has 4 aromatic heterocycles. The van der Waals surface area contributed by atoms with Crippen LogP contribution in [-0.4, -0.2) is 61.5 Å². The smallest absolute Gasteiger partial charge is 0.337 e. The number of ether oxygens (including phenoxy) is 1. The number of nitrogens with zero attached hydrogens (tertiary/aromatic N) is 6. The van der Waals surface area contributed by atoms with Crippen molar-refractivity contribution in [1.82, 2.24) is 34.4 Å². The average molecular weight is 825 g/mol. The second-order valence-electron chi connectivity index (χ2n) is 14.0. The van der Waals surface area contributed by atoms with Crippen LogP contribution in [0.4, 0.5) is 14.5 Å². The van der Waals surface area contributed by atoms with E-state index in [0.29, 0.717) is 59.4 Å². The molecule has 1 aliphatic carbocycles. The van der Waals surface area contributed by atoms with Crippen LogP contribution in [0.2, 0.25) is 0 Å². The molecule has 7 rings (SSSR count). The van der Waals surface area contributed by atoms with Crippen molar-refractivity contribution in [1.29, 1.82) is 0 Å². The molecule has 15 nitrogen and oxygen atoms in total. The van der Waals surface area contributed by atoms with E-state index >= 15 is 8.78 Å². The van der Waals surface area contributed by atoms with Crippen LogP contribution in [0.15, 0.2) is 100 Å². The number of halogens is 2. The number of pyridine rings is 2. The minimum Gasteiger partial charge on any atom is -0.461 e. The number of carbonyl (C=O) groups excluding carboxylic acids is 2. The summed E-state index contributed by atoms with van der Waals surface area (Å²) in [5.41, 5.74) is -0.813. The lowest BCUT2D eigenvalue weighted by Gasteiger charge is -2.25. The number of aromatic nitrogens is 6. The van der Waals surface area contributed by atoms with Crippen LogP contribution in [-0.2, 0) is 39.4 Å². The Kier molecular flexibility index (Phi) is 11.7. The van der Waals surface area contributed by atoms with E-state index in [0.717, 1.165) is 23.8 Å². The van der Waals surface area contributed by atoms with Gasteiger partial charge >= 0.3 is 11.7 Å². The van der Waals surface area contributed by atoms with E-state index in [1.165, 1.54) is 72.7 Å². The zero-order valence-electron chi connectivity index (χ0n) is 31.9. The van der Waals surface area contributed by atoms with Gasteiger partial charge in [-0.25, -0.2) is 46.3 Å². The largest absolute Gasteiger partial charge is 0.461 e. The van der Waals surface area contributed by atoms with Gasteiger partial charge in [0.1, 0.15) is 35.4 Å². The number of carbonyl (C=O) groups is 2.